The quantitative estimate of drug-likeness (QED) is 0.774. The molecule has 2 fully saturated rings. The second kappa shape index (κ2) is 7.39. The number of aromatic nitrogens is 2. The van der Waals surface area contributed by atoms with Crippen molar-refractivity contribution in [3.05, 3.63) is 48.4 Å². The Morgan fingerprint density at radius 3 is 3.00 bits per heavy atom. The molecule has 4 N–H and O–H groups in total. The lowest BCUT2D eigenvalue weighted by Crippen LogP contribution is -2.62. The van der Waals surface area contributed by atoms with Crippen molar-refractivity contribution < 1.29 is 9.53 Å². The molecule has 1 aliphatic heterocycles. The molecule has 7 heteroatoms. The highest BCUT2D eigenvalue weighted by Gasteiger charge is 2.42. The van der Waals surface area contributed by atoms with E-state index in [0.717, 1.165) is 24.8 Å². The van der Waals surface area contributed by atoms with Crippen molar-refractivity contribution in [3.8, 4) is 11.6 Å². The predicted octanol–water partition coefficient (Wildman–Crippen LogP) is 1.73. The minimum Gasteiger partial charge on any atom is -0.437 e. The van der Waals surface area contributed by atoms with Gasteiger partial charge in [-0.05, 0) is 48.8 Å². The Kier molecular flexibility index (Phi) is 4.81. The maximum atomic E-state index is 12.1. The highest BCUT2D eigenvalue weighted by atomic mass is 16.5. The summed E-state index contributed by atoms with van der Waals surface area (Å²) < 4.78 is 5.81. The smallest absolute Gasteiger partial charge is 0.237 e. The van der Waals surface area contributed by atoms with Gasteiger partial charge in [0.05, 0.1) is 6.20 Å². The monoisotopic (exact) mass is 353 g/mol. The van der Waals surface area contributed by atoms with E-state index in [0.29, 0.717) is 24.1 Å². The summed E-state index contributed by atoms with van der Waals surface area (Å²) in [6.45, 7) is 0.509. The van der Waals surface area contributed by atoms with Gasteiger partial charge in [0.15, 0.2) is 0 Å². The Labute approximate surface area is 152 Å². The molecule has 3 heterocycles. The van der Waals surface area contributed by atoms with E-state index in [1.54, 1.807) is 12.4 Å². The van der Waals surface area contributed by atoms with Gasteiger partial charge in [0.1, 0.15) is 5.75 Å². The van der Waals surface area contributed by atoms with Crippen molar-refractivity contribution in [3.63, 3.8) is 0 Å². The third-order valence-corrected chi connectivity index (χ3v) is 5.45. The fraction of sp³-hybridized carbons (Fsp3) is 0.421. The number of carbonyl (C=O) groups excluding carboxylic acids is 1. The number of nitrogens with one attached hydrogen (secondary N) is 2. The molecule has 4 unspecified atom stereocenters. The standard InChI is InChI=1S/C19H23N5O2/c20-9-17-16-8-12(4-5-15(16)19(25)24-23-17)13-7-14(11-21-10-13)26-18-3-1-2-6-22-18/h1-3,6-7,10-12,15-17,23H,4-5,8-9,20H2,(H,24,25). The third kappa shape index (κ3) is 3.40. The lowest BCUT2D eigenvalue weighted by Gasteiger charge is -2.43. The third-order valence-electron chi connectivity index (χ3n) is 5.45. The fourth-order valence-electron chi connectivity index (χ4n) is 4.12. The second-order valence-corrected chi connectivity index (χ2v) is 6.98. The molecule has 7 nitrogen and oxygen atoms in total. The Morgan fingerprint density at radius 2 is 2.19 bits per heavy atom. The van der Waals surface area contributed by atoms with Crippen LogP contribution < -0.4 is 21.3 Å². The molecule has 1 saturated carbocycles. The van der Waals surface area contributed by atoms with Gasteiger partial charge in [-0.3, -0.25) is 15.2 Å². The van der Waals surface area contributed by atoms with Crippen LogP contribution in [0.1, 0.15) is 30.7 Å². The van der Waals surface area contributed by atoms with Crippen molar-refractivity contribution in [2.75, 3.05) is 6.54 Å². The highest BCUT2D eigenvalue weighted by Crippen LogP contribution is 2.42. The number of hydrogen-bond acceptors (Lipinski definition) is 6. The van der Waals surface area contributed by atoms with Crippen LogP contribution in [0, 0.1) is 11.8 Å². The number of fused-ring (bicyclic) bond motifs is 1. The molecule has 0 bridgehead atoms. The Balaban J connectivity index is 1.51. The van der Waals surface area contributed by atoms with E-state index in [9.17, 15) is 4.79 Å². The van der Waals surface area contributed by atoms with Gasteiger partial charge < -0.3 is 10.5 Å². The summed E-state index contributed by atoms with van der Waals surface area (Å²) in [7, 11) is 0. The first-order valence-corrected chi connectivity index (χ1v) is 9.04. The second-order valence-electron chi connectivity index (χ2n) is 6.98. The molecular formula is C19H23N5O2. The van der Waals surface area contributed by atoms with Crippen molar-refractivity contribution >= 4 is 5.91 Å². The molecule has 0 radical (unpaired) electrons. The van der Waals surface area contributed by atoms with Gasteiger partial charge >= 0.3 is 0 Å². The van der Waals surface area contributed by atoms with Crippen LogP contribution in [0.4, 0.5) is 0 Å². The molecule has 1 aliphatic carbocycles. The summed E-state index contributed by atoms with van der Waals surface area (Å²) in [6, 6.07) is 7.69. The molecule has 4 rings (SSSR count). The predicted molar refractivity (Wildman–Crippen MR) is 96.2 cm³/mol. The van der Waals surface area contributed by atoms with Gasteiger partial charge in [0.25, 0.3) is 0 Å². The summed E-state index contributed by atoms with van der Waals surface area (Å²) >= 11 is 0. The summed E-state index contributed by atoms with van der Waals surface area (Å²) in [4.78, 5) is 20.7. The van der Waals surface area contributed by atoms with Crippen molar-refractivity contribution in [1.29, 1.82) is 0 Å². The molecule has 136 valence electrons. The van der Waals surface area contributed by atoms with Crippen molar-refractivity contribution in [2.24, 2.45) is 17.6 Å². The van der Waals surface area contributed by atoms with Crippen LogP contribution in [-0.4, -0.2) is 28.5 Å². The first kappa shape index (κ1) is 16.9. The van der Waals surface area contributed by atoms with Gasteiger partial charge in [0.2, 0.25) is 11.8 Å². The van der Waals surface area contributed by atoms with Crippen LogP contribution in [0.3, 0.4) is 0 Å². The number of ether oxygens (including phenoxy) is 1. The number of amides is 1. The summed E-state index contributed by atoms with van der Waals surface area (Å²) in [5.41, 5.74) is 12.9. The maximum absolute atomic E-state index is 12.1. The first-order chi connectivity index (χ1) is 12.7. The van der Waals surface area contributed by atoms with Gasteiger partial charge in [-0.1, -0.05) is 6.07 Å². The van der Waals surface area contributed by atoms with Crippen LogP contribution >= 0.6 is 0 Å². The fourth-order valence-corrected chi connectivity index (χ4v) is 4.12. The molecule has 2 aromatic heterocycles. The summed E-state index contributed by atoms with van der Waals surface area (Å²) in [5.74, 6) is 1.95. The number of hydrazine groups is 1. The van der Waals surface area contributed by atoms with E-state index < -0.39 is 0 Å². The Morgan fingerprint density at radius 1 is 1.27 bits per heavy atom. The van der Waals surface area contributed by atoms with E-state index in [-0.39, 0.29) is 23.8 Å². The van der Waals surface area contributed by atoms with Gasteiger partial charge in [-0.2, -0.15) is 0 Å². The van der Waals surface area contributed by atoms with Crippen LogP contribution in [0.2, 0.25) is 0 Å². The average molecular weight is 353 g/mol. The van der Waals surface area contributed by atoms with Crippen LogP contribution in [0.15, 0.2) is 42.9 Å². The van der Waals surface area contributed by atoms with E-state index in [1.807, 2.05) is 30.5 Å². The molecular weight excluding hydrogens is 330 g/mol. The zero-order chi connectivity index (χ0) is 17.9. The molecule has 0 spiro atoms. The summed E-state index contributed by atoms with van der Waals surface area (Å²) in [6.07, 6.45) is 8.03. The Hall–Kier alpha value is -2.51. The number of hydrogen-bond donors (Lipinski definition) is 3. The maximum Gasteiger partial charge on any atom is 0.237 e. The molecule has 2 aliphatic rings. The average Bonchev–Trinajstić information content (AvgIpc) is 2.69. The van der Waals surface area contributed by atoms with Crippen molar-refractivity contribution in [2.45, 2.75) is 31.2 Å². The molecule has 4 atom stereocenters. The first-order valence-electron chi connectivity index (χ1n) is 9.04. The number of nitrogens with zero attached hydrogens (tertiary/aromatic N) is 2. The zero-order valence-corrected chi connectivity index (χ0v) is 14.5. The number of rotatable bonds is 4. The van der Waals surface area contributed by atoms with E-state index >= 15 is 0 Å². The van der Waals surface area contributed by atoms with Crippen LogP contribution in [0.5, 0.6) is 11.6 Å². The van der Waals surface area contributed by atoms with Gasteiger partial charge in [-0.25, -0.2) is 10.4 Å². The number of carbonyl (C=O) groups is 1. The Bertz CT molecular complexity index is 770. The van der Waals surface area contributed by atoms with Crippen LogP contribution in [-0.2, 0) is 4.79 Å². The van der Waals surface area contributed by atoms with Crippen molar-refractivity contribution in [1.82, 2.24) is 20.8 Å². The number of nitrogens with two attached hydrogens (primary N) is 1. The van der Waals surface area contributed by atoms with Crippen LogP contribution in [0.25, 0.3) is 0 Å². The van der Waals surface area contributed by atoms with Gasteiger partial charge in [0, 0.05) is 37.0 Å². The number of pyridine rings is 2. The van der Waals surface area contributed by atoms with Gasteiger partial charge in [-0.15, -0.1) is 0 Å². The largest absolute Gasteiger partial charge is 0.437 e. The SMILES string of the molecule is NCC1NNC(=O)C2CCC(c3cncc(Oc4ccccn4)c3)CC12. The van der Waals surface area contributed by atoms with E-state index in [1.165, 1.54) is 0 Å². The minimum atomic E-state index is 0.0435. The molecule has 2 aromatic rings. The lowest BCUT2D eigenvalue weighted by molar-refractivity contribution is -0.133. The normalized spacial score (nSPS) is 28.1. The molecule has 1 saturated heterocycles. The minimum absolute atomic E-state index is 0.0435. The molecule has 0 aromatic carbocycles. The highest BCUT2D eigenvalue weighted by molar-refractivity contribution is 5.79. The molecule has 1 amide bonds. The van der Waals surface area contributed by atoms with E-state index in [2.05, 4.69) is 20.8 Å². The topological polar surface area (TPSA) is 102 Å². The summed E-state index contributed by atoms with van der Waals surface area (Å²) in [5, 5.41) is 0. The van der Waals surface area contributed by atoms with E-state index in [4.69, 9.17) is 10.5 Å². The zero-order valence-electron chi connectivity index (χ0n) is 14.5. The lowest BCUT2D eigenvalue weighted by atomic mass is 9.68. The molecule has 26 heavy (non-hydrogen) atoms.